The minimum Gasteiger partial charge on any atom is -0.465 e. The number of esters is 1. The summed E-state index contributed by atoms with van der Waals surface area (Å²) in [6, 6.07) is 9.61. The summed E-state index contributed by atoms with van der Waals surface area (Å²) >= 11 is 3.49. The third-order valence-corrected chi connectivity index (χ3v) is 3.82. The van der Waals surface area contributed by atoms with Crippen molar-refractivity contribution in [2.45, 2.75) is 0 Å². The van der Waals surface area contributed by atoms with E-state index in [2.05, 4.69) is 26.4 Å². The van der Waals surface area contributed by atoms with Crippen molar-refractivity contribution in [3.63, 3.8) is 0 Å². The molecule has 0 spiro atoms. The monoisotopic (exact) mass is 334 g/mol. The lowest BCUT2D eigenvalue weighted by Gasteiger charge is -2.04. The van der Waals surface area contributed by atoms with Gasteiger partial charge in [0.15, 0.2) is 5.65 Å². The van der Waals surface area contributed by atoms with E-state index in [1.807, 2.05) is 30.3 Å². The highest BCUT2D eigenvalue weighted by atomic mass is 79.9. The molecule has 7 heteroatoms. The summed E-state index contributed by atoms with van der Waals surface area (Å²) in [4.78, 5) is 12.2. The normalized spacial score (nSPS) is 10.9. The van der Waals surface area contributed by atoms with Crippen LogP contribution >= 0.6 is 15.9 Å². The molecule has 0 N–H and O–H groups in total. The van der Waals surface area contributed by atoms with Crippen LogP contribution in [0.3, 0.4) is 0 Å². The largest absolute Gasteiger partial charge is 0.465 e. The molecular formula is C13H11BrN4O2. The number of methoxy groups -OCH3 is 1. The fraction of sp³-hybridized carbons (Fsp3) is 0.154. The average Bonchev–Trinajstić information content (AvgIpc) is 2.99. The van der Waals surface area contributed by atoms with Gasteiger partial charge in [0.2, 0.25) is 0 Å². The van der Waals surface area contributed by atoms with Crippen LogP contribution in [-0.4, -0.2) is 32.7 Å². The Bertz CT molecular complexity index is 792. The standard InChI is InChI=1S/C13H11BrN4O2/c1-17-12-10(13(19)20-2)9(8-6-4-3-5-7-8)11(14)18(12)16-15-17/h3-7H,1-2H3. The average molecular weight is 335 g/mol. The molecule has 0 aliphatic carbocycles. The number of benzene rings is 1. The first kappa shape index (κ1) is 12.9. The second kappa shape index (κ2) is 4.75. The number of rotatable bonds is 2. The highest BCUT2D eigenvalue weighted by Crippen LogP contribution is 2.36. The van der Waals surface area contributed by atoms with Crippen molar-refractivity contribution in [3.05, 3.63) is 40.5 Å². The molecule has 2 aromatic heterocycles. The van der Waals surface area contributed by atoms with Gasteiger partial charge in [0.05, 0.1) is 7.11 Å². The van der Waals surface area contributed by atoms with E-state index in [0.717, 1.165) is 11.1 Å². The molecule has 0 atom stereocenters. The molecule has 0 fully saturated rings. The minimum atomic E-state index is -0.419. The maximum atomic E-state index is 12.2. The lowest BCUT2D eigenvalue weighted by molar-refractivity contribution is 0.0603. The van der Waals surface area contributed by atoms with Gasteiger partial charge in [0, 0.05) is 12.6 Å². The second-order valence-corrected chi connectivity index (χ2v) is 4.99. The van der Waals surface area contributed by atoms with Gasteiger partial charge in [-0.3, -0.25) is 0 Å². The van der Waals surface area contributed by atoms with Gasteiger partial charge in [-0.25, -0.2) is 9.48 Å². The molecule has 3 aromatic rings. The van der Waals surface area contributed by atoms with Crippen LogP contribution < -0.4 is 0 Å². The Balaban J connectivity index is 2.42. The predicted octanol–water partition coefficient (Wildman–Crippen LogP) is 2.28. The molecule has 0 bridgehead atoms. The predicted molar refractivity (Wildman–Crippen MR) is 76.4 cm³/mol. The van der Waals surface area contributed by atoms with Crippen LogP contribution in [0.15, 0.2) is 34.9 Å². The van der Waals surface area contributed by atoms with E-state index in [0.29, 0.717) is 15.8 Å². The first-order chi connectivity index (χ1) is 9.65. The number of aromatic nitrogens is 4. The number of aryl methyl sites for hydroxylation is 1. The highest BCUT2D eigenvalue weighted by Gasteiger charge is 2.27. The molecule has 0 radical (unpaired) electrons. The van der Waals surface area contributed by atoms with Crippen molar-refractivity contribution in [3.8, 4) is 11.1 Å². The molecule has 102 valence electrons. The lowest BCUT2D eigenvalue weighted by Crippen LogP contribution is -2.05. The highest BCUT2D eigenvalue weighted by molar-refractivity contribution is 9.10. The van der Waals surface area contributed by atoms with Crippen LogP contribution in [0.5, 0.6) is 0 Å². The first-order valence-electron chi connectivity index (χ1n) is 5.88. The van der Waals surface area contributed by atoms with Crippen LogP contribution in [0, 0.1) is 0 Å². The van der Waals surface area contributed by atoms with Crippen molar-refractivity contribution in [2.24, 2.45) is 7.05 Å². The summed E-state index contributed by atoms with van der Waals surface area (Å²) in [5, 5.41) is 7.94. The third-order valence-electron chi connectivity index (χ3n) is 3.09. The summed E-state index contributed by atoms with van der Waals surface area (Å²) in [6.07, 6.45) is 0. The molecule has 0 amide bonds. The number of fused-ring (bicyclic) bond motifs is 1. The van der Waals surface area contributed by atoms with Crippen molar-refractivity contribution < 1.29 is 9.53 Å². The Morgan fingerprint density at radius 1 is 1.25 bits per heavy atom. The summed E-state index contributed by atoms with van der Waals surface area (Å²) in [7, 11) is 3.09. The molecule has 0 saturated heterocycles. The van der Waals surface area contributed by atoms with Crippen LogP contribution in [0.4, 0.5) is 0 Å². The van der Waals surface area contributed by atoms with Gasteiger partial charge in [0.1, 0.15) is 10.2 Å². The zero-order chi connectivity index (χ0) is 14.3. The van der Waals surface area contributed by atoms with E-state index in [1.165, 1.54) is 7.11 Å². The fourth-order valence-electron chi connectivity index (χ4n) is 2.21. The van der Waals surface area contributed by atoms with Crippen molar-refractivity contribution in [2.75, 3.05) is 7.11 Å². The lowest BCUT2D eigenvalue weighted by atomic mass is 10.0. The number of ether oxygens (including phenoxy) is 1. The van der Waals surface area contributed by atoms with E-state index in [-0.39, 0.29) is 0 Å². The number of carbonyl (C=O) groups excluding carboxylic acids is 1. The number of carbonyl (C=O) groups is 1. The van der Waals surface area contributed by atoms with Crippen LogP contribution in [0.2, 0.25) is 0 Å². The van der Waals surface area contributed by atoms with Gasteiger partial charge >= 0.3 is 5.97 Å². The molecule has 0 saturated carbocycles. The quantitative estimate of drug-likeness (QED) is 0.674. The molecule has 2 heterocycles. The molecular weight excluding hydrogens is 324 g/mol. The number of hydrogen-bond donors (Lipinski definition) is 0. The second-order valence-electron chi connectivity index (χ2n) is 4.24. The van der Waals surface area contributed by atoms with Gasteiger partial charge in [-0.1, -0.05) is 30.3 Å². The maximum Gasteiger partial charge on any atom is 0.342 e. The molecule has 0 unspecified atom stereocenters. The summed E-state index contributed by atoms with van der Waals surface area (Å²) < 4.78 is 8.70. The Morgan fingerprint density at radius 3 is 2.60 bits per heavy atom. The smallest absolute Gasteiger partial charge is 0.342 e. The number of hydrogen-bond acceptors (Lipinski definition) is 4. The van der Waals surface area contributed by atoms with Crippen molar-refractivity contribution >= 4 is 27.5 Å². The van der Waals surface area contributed by atoms with E-state index >= 15 is 0 Å². The molecule has 1 aromatic carbocycles. The zero-order valence-electron chi connectivity index (χ0n) is 10.9. The van der Waals surface area contributed by atoms with E-state index in [4.69, 9.17) is 4.74 Å². The summed E-state index contributed by atoms with van der Waals surface area (Å²) in [6.45, 7) is 0. The number of nitrogens with zero attached hydrogens (tertiary/aromatic N) is 4. The van der Waals surface area contributed by atoms with E-state index in [1.54, 1.807) is 16.2 Å². The minimum absolute atomic E-state index is 0.419. The van der Waals surface area contributed by atoms with E-state index in [9.17, 15) is 4.79 Å². The molecule has 20 heavy (non-hydrogen) atoms. The van der Waals surface area contributed by atoms with Crippen LogP contribution in [0.25, 0.3) is 16.8 Å². The number of halogens is 1. The van der Waals surface area contributed by atoms with Crippen LogP contribution in [0.1, 0.15) is 10.4 Å². The first-order valence-corrected chi connectivity index (χ1v) is 6.68. The molecule has 0 aliphatic rings. The SMILES string of the molecule is COC(=O)c1c(-c2ccccc2)c(Br)n2nnn(C)c12. The Morgan fingerprint density at radius 2 is 1.95 bits per heavy atom. The van der Waals surface area contributed by atoms with Gasteiger partial charge < -0.3 is 4.74 Å². The van der Waals surface area contributed by atoms with Gasteiger partial charge in [0.25, 0.3) is 0 Å². The van der Waals surface area contributed by atoms with Crippen molar-refractivity contribution in [1.29, 1.82) is 0 Å². The fourth-order valence-corrected chi connectivity index (χ4v) is 2.87. The Hall–Kier alpha value is -2.15. The number of tetrazole rings is 1. The topological polar surface area (TPSA) is 61.4 Å². The van der Waals surface area contributed by atoms with E-state index < -0.39 is 5.97 Å². The summed E-state index contributed by atoms with van der Waals surface area (Å²) in [5.41, 5.74) is 2.68. The molecule has 3 rings (SSSR count). The Kier molecular flexibility index (Phi) is 3.06. The van der Waals surface area contributed by atoms with Crippen molar-refractivity contribution in [1.82, 2.24) is 19.6 Å². The van der Waals surface area contributed by atoms with Gasteiger partial charge in [-0.15, -0.1) is 0 Å². The molecule has 0 aliphatic heterocycles. The third kappa shape index (κ3) is 1.74. The van der Waals surface area contributed by atoms with Gasteiger partial charge in [-0.2, -0.15) is 4.52 Å². The zero-order valence-corrected chi connectivity index (χ0v) is 12.5. The summed E-state index contributed by atoms with van der Waals surface area (Å²) in [5.74, 6) is -0.419. The Labute approximate surface area is 123 Å². The van der Waals surface area contributed by atoms with Gasteiger partial charge in [-0.05, 0) is 31.9 Å². The maximum absolute atomic E-state index is 12.2. The van der Waals surface area contributed by atoms with Crippen LogP contribution in [-0.2, 0) is 11.8 Å². The molecule has 6 nitrogen and oxygen atoms in total.